The first-order chi connectivity index (χ1) is 16.4. The van der Waals surface area contributed by atoms with Gasteiger partial charge < -0.3 is 9.64 Å². The first-order valence-corrected chi connectivity index (χ1v) is 13.4. The number of ether oxygens (including phenoxy) is 1. The molecule has 0 unspecified atom stereocenters. The van der Waals surface area contributed by atoms with Gasteiger partial charge in [-0.2, -0.15) is 0 Å². The summed E-state index contributed by atoms with van der Waals surface area (Å²) in [5.74, 6) is 0.766. The van der Waals surface area contributed by atoms with E-state index in [0.29, 0.717) is 9.80 Å². The van der Waals surface area contributed by atoms with Crippen LogP contribution in [0.2, 0.25) is 0 Å². The maximum absolute atomic E-state index is 14.0. The average Bonchev–Trinajstić information content (AvgIpc) is 2.86. The Labute approximate surface area is 203 Å². The molecular formula is C28H33N2O3S+. The van der Waals surface area contributed by atoms with Crippen molar-refractivity contribution in [3.63, 3.8) is 0 Å². The highest BCUT2D eigenvalue weighted by Gasteiger charge is 2.37. The number of methoxy groups -OCH3 is 1. The summed E-state index contributed by atoms with van der Waals surface area (Å²) in [6, 6.07) is 13.7. The molecule has 0 saturated carbocycles. The molecule has 0 bridgehead atoms. The largest absolute Gasteiger partial charge is 0.497 e. The van der Waals surface area contributed by atoms with Crippen molar-refractivity contribution < 1.29 is 17.7 Å². The van der Waals surface area contributed by atoms with Gasteiger partial charge >= 0.3 is 0 Å². The maximum atomic E-state index is 14.0. The highest BCUT2D eigenvalue weighted by Crippen LogP contribution is 2.46. The fourth-order valence-corrected chi connectivity index (χ4v) is 6.49. The minimum Gasteiger partial charge on any atom is -0.497 e. The molecule has 2 aromatic rings. The molecule has 34 heavy (non-hydrogen) atoms. The molecule has 1 heterocycles. The Morgan fingerprint density at radius 2 is 1.59 bits per heavy atom. The first kappa shape index (κ1) is 24.0. The Hall–Kier alpha value is -3.12. The van der Waals surface area contributed by atoms with E-state index in [1.807, 2.05) is 60.7 Å². The summed E-state index contributed by atoms with van der Waals surface area (Å²) in [6.07, 6.45) is 5.83. The lowest BCUT2D eigenvalue weighted by Gasteiger charge is -2.28. The van der Waals surface area contributed by atoms with Gasteiger partial charge in [0.1, 0.15) is 18.8 Å². The normalized spacial score (nSPS) is 16.0. The molecule has 0 atom stereocenters. The van der Waals surface area contributed by atoms with Crippen LogP contribution in [0.5, 0.6) is 5.75 Å². The van der Waals surface area contributed by atoms with Crippen molar-refractivity contribution >= 4 is 26.8 Å². The van der Waals surface area contributed by atoms with Crippen LogP contribution in [0.1, 0.15) is 38.8 Å². The van der Waals surface area contributed by atoms with Crippen molar-refractivity contribution in [2.24, 2.45) is 0 Å². The molecule has 0 fully saturated rings. The van der Waals surface area contributed by atoms with E-state index in [4.69, 9.17) is 4.74 Å². The molecule has 0 aromatic heterocycles. The first-order valence-electron chi connectivity index (χ1n) is 11.9. The summed E-state index contributed by atoms with van der Waals surface area (Å²) in [5, 5.41) is 0. The smallest absolute Gasteiger partial charge is 0.208 e. The van der Waals surface area contributed by atoms with Gasteiger partial charge in [-0.25, -0.2) is 13.0 Å². The van der Waals surface area contributed by atoms with Gasteiger partial charge in [0.05, 0.1) is 16.9 Å². The zero-order chi connectivity index (χ0) is 24.5. The van der Waals surface area contributed by atoms with Gasteiger partial charge in [0.25, 0.3) is 0 Å². The van der Waals surface area contributed by atoms with Gasteiger partial charge in [0.15, 0.2) is 0 Å². The molecular weight excluding hydrogens is 444 g/mol. The molecule has 0 N–H and O–H groups in total. The molecule has 0 spiro atoms. The average molecular weight is 478 g/mol. The van der Waals surface area contributed by atoms with Crippen LogP contribution in [-0.2, 0) is 9.84 Å². The SMILES string of the molecule is CCN(CC)c1ccc2c(c1)S(=O)(=O)C1=CC(=[N+](CC)CC)C=CC1=C2c1ccc(OC)cc1. The minimum absolute atomic E-state index is 0.368. The highest BCUT2D eigenvalue weighted by atomic mass is 32.2. The number of hydrogen-bond acceptors (Lipinski definition) is 4. The van der Waals surface area contributed by atoms with E-state index in [1.54, 1.807) is 7.11 Å². The molecule has 178 valence electrons. The van der Waals surface area contributed by atoms with Gasteiger partial charge in [-0.1, -0.05) is 18.2 Å². The van der Waals surface area contributed by atoms with Gasteiger partial charge in [-0.05, 0) is 69.2 Å². The van der Waals surface area contributed by atoms with E-state index in [-0.39, 0.29) is 0 Å². The Bertz CT molecular complexity index is 1320. The number of benzene rings is 2. The predicted octanol–water partition coefficient (Wildman–Crippen LogP) is 5.08. The predicted molar refractivity (Wildman–Crippen MR) is 140 cm³/mol. The van der Waals surface area contributed by atoms with Crippen LogP contribution in [0, 0.1) is 0 Å². The summed E-state index contributed by atoms with van der Waals surface area (Å²) in [7, 11) is -2.06. The fourth-order valence-electron chi connectivity index (χ4n) is 4.78. The lowest BCUT2D eigenvalue weighted by molar-refractivity contribution is -0.519. The van der Waals surface area contributed by atoms with Crippen LogP contribution in [0.25, 0.3) is 5.57 Å². The number of hydrogen-bond donors (Lipinski definition) is 0. The molecule has 2 aromatic carbocycles. The molecule has 0 amide bonds. The zero-order valence-electron chi connectivity index (χ0n) is 20.6. The molecule has 1 aliphatic heterocycles. The van der Waals surface area contributed by atoms with Gasteiger partial charge in [0.2, 0.25) is 15.5 Å². The number of fused-ring (bicyclic) bond motifs is 2. The number of nitrogens with zero attached hydrogens (tertiary/aromatic N) is 2. The number of rotatable bonds is 7. The standard InChI is InChI=1S/C28H33N2O3S/c1-6-29(7-2)21-12-16-24-26(18-21)34(31,32)27-19-22(30(8-3)9-4)13-17-25(27)28(24)20-10-14-23(33-5)15-11-20/h10-19H,6-9H2,1-5H3/q+1. The van der Waals surface area contributed by atoms with Crippen molar-refractivity contribution in [3.8, 4) is 5.75 Å². The van der Waals surface area contributed by atoms with Crippen molar-refractivity contribution in [1.29, 1.82) is 0 Å². The fraction of sp³-hybridized carbons (Fsp3) is 0.321. The summed E-state index contributed by atoms with van der Waals surface area (Å²) in [5.41, 5.74) is 5.21. The second-order valence-corrected chi connectivity index (χ2v) is 10.2. The van der Waals surface area contributed by atoms with E-state index in [1.165, 1.54) is 0 Å². The van der Waals surface area contributed by atoms with Crippen molar-refractivity contribution in [2.45, 2.75) is 32.6 Å². The Morgan fingerprint density at radius 1 is 0.912 bits per heavy atom. The number of allylic oxidation sites excluding steroid dienone is 4. The van der Waals surface area contributed by atoms with Crippen LogP contribution in [0.3, 0.4) is 0 Å². The van der Waals surface area contributed by atoms with Crippen LogP contribution in [-0.4, -0.2) is 52.0 Å². The Kier molecular flexibility index (Phi) is 6.80. The lowest BCUT2D eigenvalue weighted by Crippen LogP contribution is -2.25. The zero-order valence-corrected chi connectivity index (χ0v) is 21.4. The van der Waals surface area contributed by atoms with Crippen molar-refractivity contribution in [1.82, 2.24) is 0 Å². The molecule has 0 radical (unpaired) electrons. The van der Waals surface area contributed by atoms with Crippen molar-refractivity contribution in [2.75, 3.05) is 38.2 Å². The quantitative estimate of drug-likeness (QED) is 0.522. The highest BCUT2D eigenvalue weighted by molar-refractivity contribution is 7.95. The van der Waals surface area contributed by atoms with E-state index < -0.39 is 9.84 Å². The molecule has 0 saturated heterocycles. The topological polar surface area (TPSA) is 49.6 Å². The summed E-state index contributed by atoms with van der Waals surface area (Å²) >= 11 is 0. The third-order valence-electron chi connectivity index (χ3n) is 6.68. The monoisotopic (exact) mass is 477 g/mol. The van der Waals surface area contributed by atoms with Gasteiger partial charge in [-0.3, -0.25) is 0 Å². The molecule has 6 heteroatoms. The van der Waals surface area contributed by atoms with Crippen LogP contribution in [0.4, 0.5) is 5.69 Å². The van der Waals surface area contributed by atoms with E-state index >= 15 is 0 Å². The van der Waals surface area contributed by atoms with Crippen LogP contribution >= 0.6 is 0 Å². The summed E-state index contributed by atoms with van der Waals surface area (Å²) < 4.78 is 35.5. The lowest BCUT2D eigenvalue weighted by atomic mass is 9.89. The maximum Gasteiger partial charge on any atom is 0.208 e. The van der Waals surface area contributed by atoms with Crippen LogP contribution in [0.15, 0.2) is 76.1 Å². The van der Waals surface area contributed by atoms with E-state index in [9.17, 15) is 8.42 Å². The van der Waals surface area contributed by atoms with Gasteiger partial charge in [0, 0.05) is 42.1 Å². The minimum atomic E-state index is -3.70. The Balaban J connectivity index is 2.04. The van der Waals surface area contributed by atoms with E-state index in [0.717, 1.165) is 65.6 Å². The third kappa shape index (κ3) is 4.00. The number of anilines is 1. The molecule has 2 aliphatic rings. The Morgan fingerprint density at radius 3 is 2.18 bits per heavy atom. The van der Waals surface area contributed by atoms with E-state index in [2.05, 4.69) is 37.2 Å². The summed E-state index contributed by atoms with van der Waals surface area (Å²) in [4.78, 5) is 2.91. The third-order valence-corrected chi connectivity index (χ3v) is 8.52. The summed E-state index contributed by atoms with van der Waals surface area (Å²) in [6.45, 7) is 11.6. The second-order valence-electron chi connectivity index (χ2n) is 8.31. The number of sulfone groups is 1. The molecule has 4 rings (SSSR count). The molecule has 5 nitrogen and oxygen atoms in total. The second kappa shape index (κ2) is 9.63. The molecule has 1 aliphatic carbocycles. The van der Waals surface area contributed by atoms with Crippen LogP contribution < -0.4 is 9.64 Å². The van der Waals surface area contributed by atoms with Gasteiger partial charge in [-0.15, -0.1) is 0 Å². The van der Waals surface area contributed by atoms with Crippen molar-refractivity contribution in [3.05, 3.63) is 82.3 Å².